The number of thioether (sulfide) groups is 1. The summed E-state index contributed by atoms with van der Waals surface area (Å²) in [5.41, 5.74) is 8.25. The van der Waals surface area contributed by atoms with Gasteiger partial charge < -0.3 is 11.1 Å². The van der Waals surface area contributed by atoms with Crippen LogP contribution in [-0.2, 0) is 4.79 Å². The van der Waals surface area contributed by atoms with E-state index in [1.54, 1.807) is 19.1 Å². The van der Waals surface area contributed by atoms with E-state index < -0.39 is 17.6 Å². The van der Waals surface area contributed by atoms with Gasteiger partial charge in [-0.15, -0.1) is 0 Å². The van der Waals surface area contributed by atoms with Crippen molar-refractivity contribution < 1.29 is 14.0 Å². The van der Waals surface area contributed by atoms with Crippen LogP contribution in [0.15, 0.2) is 53.6 Å². The summed E-state index contributed by atoms with van der Waals surface area (Å²) in [7, 11) is 0. The molecule has 3 N–H and O–H groups in total. The van der Waals surface area contributed by atoms with Crippen molar-refractivity contribution in [1.29, 1.82) is 5.26 Å². The molecule has 0 aliphatic rings. The van der Waals surface area contributed by atoms with Crippen molar-refractivity contribution in [1.82, 2.24) is 4.98 Å². The number of rotatable bonds is 6. The zero-order valence-corrected chi connectivity index (χ0v) is 17.7. The van der Waals surface area contributed by atoms with Crippen LogP contribution >= 0.6 is 11.8 Å². The molecule has 0 fully saturated rings. The van der Waals surface area contributed by atoms with E-state index in [0.717, 1.165) is 17.3 Å². The minimum absolute atomic E-state index is 0.0707. The summed E-state index contributed by atoms with van der Waals surface area (Å²) in [5, 5.41) is 13.0. The smallest absolute Gasteiger partial charge is 0.258 e. The predicted molar refractivity (Wildman–Crippen MR) is 118 cm³/mol. The number of halogens is 1. The third kappa shape index (κ3) is 4.90. The van der Waals surface area contributed by atoms with Crippen LogP contribution in [0.25, 0.3) is 11.1 Å². The van der Waals surface area contributed by atoms with Crippen molar-refractivity contribution in [3.63, 3.8) is 0 Å². The maximum Gasteiger partial charge on any atom is 0.258 e. The first-order valence-corrected chi connectivity index (χ1v) is 10.3. The highest BCUT2D eigenvalue weighted by Crippen LogP contribution is 2.35. The summed E-state index contributed by atoms with van der Waals surface area (Å²) in [6, 6.07) is 14.9. The van der Waals surface area contributed by atoms with Crippen LogP contribution < -0.4 is 11.1 Å². The summed E-state index contributed by atoms with van der Waals surface area (Å²) in [4.78, 5) is 28.9. The lowest BCUT2D eigenvalue weighted by Crippen LogP contribution is -2.18. The fourth-order valence-corrected chi connectivity index (χ4v) is 3.88. The molecule has 0 atom stereocenters. The van der Waals surface area contributed by atoms with Crippen molar-refractivity contribution in [2.75, 3.05) is 11.1 Å². The lowest BCUT2D eigenvalue weighted by atomic mass is 9.94. The second-order valence-corrected chi connectivity index (χ2v) is 7.73. The maximum atomic E-state index is 13.5. The summed E-state index contributed by atoms with van der Waals surface area (Å²) < 4.78 is 13.5. The fourth-order valence-electron chi connectivity index (χ4n) is 3.11. The number of nitrogens with zero attached hydrogens (tertiary/aromatic N) is 2. The Morgan fingerprint density at radius 1 is 1.16 bits per heavy atom. The van der Waals surface area contributed by atoms with Crippen LogP contribution in [-0.4, -0.2) is 22.6 Å². The number of nitrogens with one attached hydrogen (secondary N) is 1. The van der Waals surface area contributed by atoms with Crippen molar-refractivity contribution >= 4 is 29.3 Å². The molecule has 1 heterocycles. The van der Waals surface area contributed by atoms with Gasteiger partial charge in [0.1, 0.15) is 16.9 Å². The van der Waals surface area contributed by atoms with Crippen LogP contribution in [0, 0.1) is 31.0 Å². The number of aryl methyl sites for hydroxylation is 2. The second kappa shape index (κ2) is 9.41. The number of nitrogens with two attached hydrogens (primary N) is 1. The average Bonchev–Trinajstić information content (AvgIpc) is 2.73. The first-order chi connectivity index (χ1) is 14.8. The molecular formula is C23H19FN4O2S. The van der Waals surface area contributed by atoms with E-state index in [4.69, 9.17) is 5.73 Å². The number of hydrogen-bond acceptors (Lipinski definition) is 5. The first kappa shape index (κ1) is 22.0. The van der Waals surface area contributed by atoms with Crippen molar-refractivity contribution in [2.24, 2.45) is 5.73 Å². The number of anilines is 1. The Hall–Kier alpha value is -3.70. The second-order valence-electron chi connectivity index (χ2n) is 6.77. The van der Waals surface area contributed by atoms with Gasteiger partial charge in [-0.05, 0) is 43.2 Å². The highest BCUT2D eigenvalue weighted by atomic mass is 32.2. The summed E-state index contributed by atoms with van der Waals surface area (Å²) in [6.45, 7) is 3.52. The van der Waals surface area contributed by atoms with Gasteiger partial charge in [-0.1, -0.05) is 42.1 Å². The molecule has 1 aromatic heterocycles. The lowest BCUT2D eigenvalue weighted by Gasteiger charge is -2.17. The zero-order chi connectivity index (χ0) is 22.5. The van der Waals surface area contributed by atoms with E-state index in [-0.39, 0.29) is 21.9 Å². The van der Waals surface area contributed by atoms with Crippen LogP contribution in [0.4, 0.5) is 10.1 Å². The van der Waals surface area contributed by atoms with Crippen LogP contribution in [0.2, 0.25) is 0 Å². The highest BCUT2D eigenvalue weighted by molar-refractivity contribution is 8.00. The Morgan fingerprint density at radius 3 is 2.45 bits per heavy atom. The number of carbonyl (C=O) groups is 2. The third-order valence-corrected chi connectivity index (χ3v) is 5.56. The molecule has 2 aromatic carbocycles. The highest BCUT2D eigenvalue weighted by Gasteiger charge is 2.25. The van der Waals surface area contributed by atoms with Crippen molar-refractivity contribution in [3.05, 3.63) is 76.7 Å². The molecule has 156 valence electrons. The lowest BCUT2D eigenvalue weighted by molar-refractivity contribution is -0.115. The molecule has 3 aromatic rings. The Morgan fingerprint density at radius 2 is 1.84 bits per heavy atom. The Kier molecular flexibility index (Phi) is 6.68. The van der Waals surface area contributed by atoms with Gasteiger partial charge in [-0.25, -0.2) is 9.37 Å². The molecule has 8 heteroatoms. The zero-order valence-electron chi connectivity index (χ0n) is 16.9. The largest absolute Gasteiger partial charge is 0.369 e. The fraction of sp³-hybridized carbons (Fsp3) is 0.130. The molecule has 3 rings (SSSR count). The SMILES string of the molecule is Cc1ccccc1NC(=O)c1c(C)nc(SCC(N)=O)c(C#N)c1-c1ccc(F)cc1. The quantitative estimate of drug-likeness (QED) is 0.565. The number of pyridine rings is 1. The van der Waals surface area contributed by atoms with Gasteiger partial charge in [0.2, 0.25) is 5.91 Å². The van der Waals surface area contributed by atoms with E-state index in [0.29, 0.717) is 22.5 Å². The van der Waals surface area contributed by atoms with Gasteiger partial charge in [0.05, 0.1) is 22.6 Å². The number of carbonyl (C=O) groups excluding carboxylic acids is 2. The van der Waals surface area contributed by atoms with Gasteiger partial charge in [0.25, 0.3) is 5.91 Å². The van der Waals surface area contributed by atoms with E-state index in [1.165, 1.54) is 24.3 Å². The van der Waals surface area contributed by atoms with Crippen LogP contribution in [0.1, 0.15) is 27.2 Å². The molecule has 0 spiro atoms. The van der Waals surface area contributed by atoms with Gasteiger partial charge in [-0.2, -0.15) is 5.26 Å². The molecule has 0 aliphatic heterocycles. The first-order valence-electron chi connectivity index (χ1n) is 9.30. The summed E-state index contributed by atoms with van der Waals surface area (Å²) in [5.74, 6) is -1.51. The minimum atomic E-state index is -0.557. The number of nitriles is 1. The van der Waals surface area contributed by atoms with Crippen LogP contribution in [0.5, 0.6) is 0 Å². The Bertz CT molecular complexity index is 1200. The van der Waals surface area contributed by atoms with Crippen LogP contribution in [0.3, 0.4) is 0 Å². The predicted octanol–water partition coefficient (Wildman–Crippen LogP) is 4.21. The molecule has 0 bridgehead atoms. The molecule has 31 heavy (non-hydrogen) atoms. The van der Waals surface area contributed by atoms with E-state index in [1.807, 2.05) is 19.1 Å². The number of hydrogen-bond donors (Lipinski definition) is 2. The van der Waals surface area contributed by atoms with Gasteiger partial charge in [0.15, 0.2) is 0 Å². The molecule has 2 amide bonds. The van der Waals surface area contributed by atoms with Gasteiger partial charge in [-0.3, -0.25) is 9.59 Å². The molecular weight excluding hydrogens is 415 g/mol. The number of amides is 2. The molecule has 0 aliphatic carbocycles. The monoisotopic (exact) mass is 434 g/mol. The van der Waals surface area contributed by atoms with Gasteiger partial charge in [0, 0.05) is 11.3 Å². The van der Waals surface area contributed by atoms with E-state index >= 15 is 0 Å². The number of aromatic nitrogens is 1. The molecule has 0 radical (unpaired) electrons. The standard InChI is InChI=1S/C23H19FN4O2S/c1-13-5-3-4-6-18(13)28-22(30)20-14(2)27-23(31-12-19(26)29)17(11-25)21(20)15-7-9-16(24)10-8-15/h3-10H,12H2,1-2H3,(H2,26,29)(H,28,30). The number of para-hydroxylation sites is 1. The summed E-state index contributed by atoms with van der Waals surface area (Å²) in [6.07, 6.45) is 0. The molecule has 6 nitrogen and oxygen atoms in total. The third-order valence-electron chi connectivity index (χ3n) is 4.56. The minimum Gasteiger partial charge on any atom is -0.369 e. The average molecular weight is 434 g/mol. The van der Waals surface area contributed by atoms with Crippen molar-refractivity contribution in [2.45, 2.75) is 18.9 Å². The molecule has 0 saturated heterocycles. The number of primary amides is 1. The van der Waals surface area contributed by atoms with E-state index in [9.17, 15) is 19.2 Å². The van der Waals surface area contributed by atoms with Gasteiger partial charge >= 0.3 is 0 Å². The maximum absolute atomic E-state index is 13.5. The molecule has 0 unspecified atom stereocenters. The summed E-state index contributed by atoms with van der Waals surface area (Å²) >= 11 is 1.02. The molecule has 0 saturated carbocycles. The van der Waals surface area contributed by atoms with Crippen molar-refractivity contribution in [3.8, 4) is 17.2 Å². The Balaban J connectivity index is 2.20. The topological polar surface area (TPSA) is 109 Å². The Labute approximate surface area is 183 Å². The normalized spacial score (nSPS) is 10.4. The number of benzene rings is 2. The van der Waals surface area contributed by atoms with E-state index in [2.05, 4.69) is 16.4 Å².